The fourth-order valence-corrected chi connectivity index (χ4v) is 2.83. The number of hydrogen-bond donors (Lipinski definition) is 3. The minimum Gasteiger partial charge on any atom is -0.339 e. The number of halogens is 4. The Hall–Kier alpha value is -1.05. The molecular formula is C16H13BrCl3N3OS. The van der Waals surface area contributed by atoms with E-state index in [1.807, 2.05) is 24.3 Å². The highest BCUT2D eigenvalue weighted by Gasteiger charge is 2.34. The Bertz CT molecular complexity index is 756. The number of hydrogen-bond acceptors (Lipinski definition) is 2. The van der Waals surface area contributed by atoms with E-state index in [-0.39, 0.29) is 5.11 Å². The monoisotopic (exact) mass is 479 g/mol. The van der Waals surface area contributed by atoms with Gasteiger partial charge in [-0.15, -0.1) is 0 Å². The highest BCUT2D eigenvalue weighted by atomic mass is 79.9. The Morgan fingerprint density at radius 1 is 1.04 bits per heavy atom. The second-order valence-corrected chi connectivity index (χ2v) is 8.62. The summed E-state index contributed by atoms with van der Waals surface area (Å²) >= 11 is 26.5. The average Bonchev–Trinajstić information content (AvgIpc) is 2.54. The molecule has 3 N–H and O–H groups in total. The molecule has 0 unspecified atom stereocenters. The molecule has 1 amide bonds. The van der Waals surface area contributed by atoms with Crippen LogP contribution < -0.4 is 16.0 Å². The molecule has 0 saturated carbocycles. The van der Waals surface area contributed by atoms with E-state index in [0.717, 1.165) is 10.2 Å². The zero-order chi connectivity index (χ0) is 18.4. The molecule has 0 spiro atoms. The van der Waals surface area contributed by atoms with Gasteiger partial charge in [0, 0.05) is 15.7 Å². The molecular weight excluding hydrogens is 469 g/mol. The van der Waals surface area contributed by atoms with Gasteiger partial charge in [-0.25, -0.2) is 0 Å². The summed E-state index contributed by atoms with van der Waals surface area (Å²) in [5.74, 6) is -0.394. The van der Waals surface area contributed by atoms with Crippen LogP contribution in [0.5, 0.6) is 0 Å². The Kier molecular flexibility index (Phi) is 7.34. The number of nitrogens with one attached hydrogen (secondary N) is 3. The van der Waals surface area contributed by atoms with Crippen LogP contribution in [0.3, 0.4) is 0 Å². The van der Waals surface area contributed by atoms with Crippen LogP contribution in [-0.4, -0.2) is 21.0 Å². The third-order valence-electron chi connectivity index (χ3n) is 3.00. The maximum Gasteiger partial charge on any atom is 0.252 e. The number of amides is 1. The van der Waals surface area contributed by atoms with Crippen LogP contribution in [-0.2, 0) is 0 Å². The lowest BCUT2D eigenvalue weighted by Gasteiger charge is -2.27. The maximum absolute atomic E-state index is 12.3. The Morgan fingerprint density at radius 2 is 1.72 bits per heavy atom. The van der Waals surface area contributed by atoms with Gasteiger partial charge in [-0.2, -0.15) is 0 Å². The van der Waals surface area contributed by atoms with Gasteiger partial charge >= 0.3 is 0 Å². The highest BCUT2D eigenvalue weighted by Crippen LogP contribution is 2.29. The van der Waals surface area contributed by atoms with Gasteiger partial charge in [0.25, 0.3) is 5.91 Å². The molecule has 2 aromatic rings. The number of carbonyl (C=O) groups is 1. The van der Waals surface area contributed by atoms with Crippen molar-refractivity contribution in [1.29, 1.82) is 0 Å². The van der Waals surface area contributed by atoms with Crippen LogP contribution in [0.2, 0.25) is 0 Å². The Balaban J connectivity index is 2.05. The molecule has 0 aliphatic rings. The summed E-state index contributed by atoms with van der Waals surface area (Å²) in [6, 6.07) is 16.0. The van der Waals surface area contributed by atoms with Gasteiger partial charge in [0.15, 0.2) is 5.11 Å². The zero-order valence-electron chi connectivity index (χ0n) is 12.6. The second-order valence-electron chi connectivity index (χ2n) is 4.92. The zero-order valence-corrected chi connectivity index (χ0v) is 17.3. The SMILES string of the molecule is O=C(N[C@H](NC(=S)Nc1cccc(Br)c1)C(Cl)(Cl)Cl)c1ccccc1. The van der Waals surface area contributed by atoms with E-state index in [1.54, 1.807) is 30.3 Å². The topological polar surface area (TPSA) is 53.2 Å². The van der Waals surface area contributed by atoms with E-state index in [2.05, 4.69) is 31.9 Å². The number of thiocarbonyl (C=S) groups is 1. The molecule has 0 aliphatic carbocycles. The summed E-state index contributed by atoms with van der Waals surface area (Å²) in [5.41, 5.74) is 1.18. The van der Waals surface area contributed by atoms with Crippen LogP contribution >= 0.6 is 63.0 Å². The molecule has 0 fully saturated rings. The van der Waals surface area contributed by atoms with Crippen LogP contribution in [0, 0.1) is 0 Å². The van der Waals surface area contributed by atoms with Crippen molar-refractivity contribution in [3.8, 4) is 0 Å². The predicted octanol–water partition coefficient (Wildman–Crippen LogP) is 4.86. The molecule has 2 aromatic carbocycles. The van der Waals surface area contributed by atoms with Crippen molar-refractivity contribution in [1.82, 2.24) is 10.6 Å². The molecule has 0 saturated heterocycles. The van der Waals surface area contributed by atoms with Crippen molar-refractivity contribution >= 4 is 79.7 Å². The van der Waals surface area contributed by atoms with Crippen LogP contribution in [0.25, 0.3) is 0 Å². The molecule has 132 valence electrons. The molecule has 4 nitrogen and oxygen atoms in total. The maximum atomic E-state index is 12.3. The lowest BCUT2D eigenvalue weighted by atomic mass is 10.2. The average molecular weight is 482 g/mol. The molecule has 0 radical (unpaired) electrons. The summed E-state index contributed by atoms with van der Waals surface area (Å²) in [4.78, 5) is 12.3. The molecule has 25 heavy (non-hydrogen) atoms. The molecule has 1 atom stereocenters. The first-order valence-electron chi connectivity index (χ1n) is 7.01. The number of rotatable bonds is 4. The van der Waals surface area contributed by atoms with Gasteiger partial charge < -0.3 is 16.0 Å². The Morgan fingerprint density at radius 3 is 2.32 bits per heavy atom. The van der Waals surface area contributed by atoms with Gasteiger partial charge in [0.05, 0.1) is 0 Å². The largest absolute Gasteiger partial charge is 0.339 e. The fourth-order valence-electron chi connectivity index (χ4n) is 1.87. The summed E-state index contributed by atoms with van der Waals surface area (Å²) in [6.45, 7) is 0. The minimum atomic E-state index is -1.81. The van der Waals surface area contributed by atoms with Crippen molar-refractivity contribution in [2.75, 3.05) is 5.32 Å². The van der Waals surface area contributed by atoms with Crippen molar-refractivity contribution < 1.29 is 4.79 Å². The molecule has 0 heterocycles. The number of alkyl halides is 3. The molecule has 0 aliphatic heterocycles. The molecule has 0 bridgehead atoms. The molecule has 0 aromatic heterocycles. The van der Waals surface area contributed by atoms with Gasteiger partial charge in [0.2, 0.25) is 3.79 Å². The third-order valence-corrected chi connectivity index (χ3v) is 4.36. The van der Waals surface area contributed by atoms with Crippen LogP contribution in [0.4, 0.5) is 5.69 Å². The van der Waals surface area contributed by atoms with Crippen molar-refractivity contribution in [2.24, 2.45) is 0 Å². The smallest absolute Gasteiger partial charge is 0.252 e. The second kappa shape index (κ2) is 9.05. The minimum absolute atomic E-state index is 0.197. The van der Waals surface area contributed by atoms with Crippen LogP contribution in [0.1, 0.15) is 10.4 Å². The van der Waals surface area contributed by atoms with Gasteiger partial charge in [-0.1, -0.05) is 75.0 Å². The lowest BCUT2D eigenvalue weighted by molar-refractivity contribution is 0.0934. The normalized spacial score (nSPS) is 12.2. The third kappa shape index (κ3) is 6.64. The van der Waals surface area contributed by atoms with Gasteiger partial charge in [-0.3, -0.25) is 4.79 Å². The van der Waals surface area contributed by atoms with Crippen molar-refractivity contribution in [2.45, 2.75) is 9.96 Å². The molecule has 9 heteroatoms. The Labute approximate surface area is 174 Å². The number of anilines is 1. The van der Waals surface area contributed by atoms with E-state index < -0.39 is 15.9 Å². The first-order valence-corrected chi connectivity index (χ1v) is 9.35. The summed E-state index contributed by atoms with van der Waals surface area (Å²) in [6.07, 6.45) is -1.03. The fraction of sp³-hybridized carbons (Fsp3) is 0.125. The summed E-state index contributed by atoms with van der Waals surface area (Å²) in [7, 11) is 0. The van der Waals surface area contributed by atoms with E-state index in [9.17, 15) is 4.79 Å². The summed E-state index contributed by atoms with van der Waals surface area (Å²) < 4.78 is -0.927. The van der Waals surface area contributed by atoms with Crippen LogP contribution in [0.15, 0.2) is 59.1 Å². The summed E-state index contributed by atoms with van der Waals surface area (Å²) in [5, 5.41) is 8.58. The van der Waals surface area contributed by atoms with E-state index in [1.165, 1.54) is 0 Å². The predicted molar refractivity (Wildman–Crippen MR) is 111 cm³/mol. The first-order chi connectivity index (χ1) is 11.8. The van der Waals surface area contributed by atoms with Crippen molar-refractivity contribution in [3.05, 3.63) is 64.6 Å². The molecule has 2 rings (SSSR count). The van der Waals surface area contributed by atoms with Gasteiger partial charge in [-0.05, 0) is 42.5 Å². The lowest BCUT2D eigenvalue weighted by Crippen LogP contribution is -2.56. The van der Waals surface area contributed by atoms with E-state index in [0.29, 0.717) is 5.56 Å². The first kappa shape index (κ1) is 20.3. The quantitative estimate of drug-likeness (QED) is 0.332. The van der Waals surface area contributed by atoms with Crippen molar-refractivity contribution in [3.63, 3.8) is 0 Å². The van der Waals surface area contributed by atoms with E-state index >= 15 is 0 Å². The van der Waals surface area contributed by atoms with E-state index in [4.69, 9.17) is 47.0 Å². The number of carbonyl (C=O) groups excluding carboxylic acids is 1. The standard InChI is InChI=1S/C16H13BrCl3N3OS/c17-11-7-4-8-12(9-11)21-15(25)23-14(16(18,19)20)22-13(24)10-5-2-1-3-6-10/h1-9,14H,(H,22,24)(H2,21,23,25)/t14-/m1/s1. The highest BCUT2D eigenvalue weighted by molar-refractivity contribution is 9.10. The van der Waals surface area contributed by atoms with Gasteiger partial charge in [0.1, 0.15) is 6.17 Å². The number of benzene rings is 2.